The van der Waals surface area contributed by atoms with E-state index in [1.807, 2.05) is 6.92 Å². The number of hydrogen-bond acceptors (Lipinski definition) is 3. The molecular weight excluding hydrogens is 190 g/mol. The molecule has 3 heteroatoms. The van der Waals surface area contributed by atoms with Crippen molar-refractivity contribution in [1.82, 2.24) is 0 Å². The second-order valence-corrected chi connectivity index (χ2v) is 3.63. The molecule has 0 spiro atoms. The van der Waals surface area contributed by atoms with E-state index in [0.29, 0.717) is 6.73 Å². The molecule has 1 rings (SSSR count). The molecule has 3 nitrogen and oxygen atoms in total. The summed E-state index contributed by atoms with van der Waals surface area (Å²) >= 11 is 0. The third kappa shape index (κ3) is 2.42. The van der Waals surface area contributed by atoms with E-state index in [1.54, 1.807) is 14.2 Å². The maximum Gasteiger partial charge on any atom is 0.125 e. The first-order valence-corrected chi connectivity index (χ1v) is 4.99. The number of hydrogen-bond donors (Lipinski definition) is 1. The van der Waals surface area contributed by atoms with E-state index in [4.69, 9.17) is 9.47 Å². The molecule has 0 radical (unpaired) electrons. The highest BCUT2D eigenvalue weighted by Gasteiger charge is 2.09. The van der Waals surface area contributed by atoms with Gasteiger partial charge in [-0.3, -0.25) is 0 Å². The van der Waals surface area contributed by atoms with Gasteiger partial charge in [-0.15, -0.1) is 0 Å². The van der Waals surface area contributed by atoms with Crippen molar-refractivity contribution in [3.05, 3.63) is 22.8 Å². The minimum atomic E-state index is 0.520. The lowest BCUT2D eigenvalue weighted by atomic mass is 10.0. The Morgan fingerprint density at radius 1 is 1.13 bits per heavy atom. The topological polar surface area (TPSA) is 30.5 Å². The van der Waals surface area contributed by atoms with Crippen molar-refractivity contribution >= 4 is 5.69 Å². The maximum absolute atomic E-state index is 5.36. The molecule has 0 saturated carbocycles. The number of anilines is 1. The second kappa shape index (κ2) is 5.03. The first-order chi connectivity index (χ1) is 7.11. The van der Waals surface area contributed by atoms with Gasteiger partial charge in [-0.05, 0) is 43.5 Å². The summed E-state index contributed by atoms with van der Waals surface area (Å²) < 4.78 is 10.4. The van der Waals surface area contributed by atoms with Crippen LogP contribution in [0.25, 0.3) is 0 Å². The molecule has 1 N–H and O–H groups in total. The highest BCUT2D eigenvalue weighted by molar-refractivity contribution is 5.61. The highest BCUT2D eigenvalue weighted by atomic mass is 16.5. The summed E-state index contributed by atoms with van der Waals surface area (Å²) in [7, 11) is 3.38. The molecule has 0 heterocycles. The minimum absolute atomic E-state index is 0.520. The van der Waals surface area contributed by atoms with E-state index >= 15 is 0 Å². The first-order valence-electron chi connectivity index (χ1n) is 4.99. The number of rotatable bonds is 4. The Morgan fingerprint density at radius 3 is 2.33 bits per heavy atom. The minimum Gasteiger partial charge on any atom is -0.496 e. The third-order valence-corrected chi connectivity index (χ3v) is 2.64. The molecule has 1 aromatic carbocycles. The van der Waals surface area contributed by atoms with Crippen LogP contribution in [-0.4, -0.2) is 21.0 Å². The third-order valence-electron chi connectivity index (χ3n) is 2.64. The van der Waals surface area contributed by atoms with E-state index < -0.39 is 0 Å². The van der Waals surface area contributed by atoms with Crippen LogP contribution < -0.4 is 10.1 Å². The Kier molecular flexibility index (Phi) is 3.97. The zero-order valence-corrected chi connectivity index (χ0v) is 10.1. The van der Waals surface area contributed by atoms with Crippen LogP contribution in [0.1, 0.15) is 16.7 Å². The first kappa shape index (κ1) is 11.9. The van der Waals surface area contributed by atoms with Crippen molar-refractivity contribution in [2.24, 2.45) is 0 Å². The Bertz CT molecular complexity index is 348. The van der Waals surface area contributed by atoms with Crippen molar-refractivity contribution in [1.29, 1.82) is 0 Å². The summed E-state index contributed by atoms with van der Waals surface area (Å²) in [5.74, 6) is 0.968. The molecule has 0 aromatic heterocycles. The van der Waals surface area contributed by atoms with E-state index in [-0.39, 0.29) is 0 Å². The van der Waals surface area contributed by atoms with Crippen LogP contribution in [0.15, 0.2) is 6.07 Å². The number of nitrogens with one attached hydrogen (secondary N) is 1. The fourth-order valence-corrected chi connectivity index (χ4v) is 1.71. The van der Waals surface area contributed by atoms with Gasteiger partial charge < -0.3 is 14.8 Å². The predicted molar refractivity (Wildman–Crippen MR) is 62.7 cm³/mol. The van der Waals surface area contributed by atoms with Crippen LogP contribution in [-0.2, 0) is 4.74 Å². The van der Waals surface area contributed by atoms with Gasteiger partial charge in [0.15, 0.2) is 0 Å². The van der Waals surface area contributed by atoms with Gasteiger partial charge in [0.25, 0.3) is 0 Å². The van der Waals surface area contributed by atoms with Crippen LogP contribution in [0.2, 0.25) is 0 Å². The molecule has 0 atom stereocenters. The summed E-state index contributed by atoms with van der Waals surface area (Å²) in [6.07, 6.45) is 0. The lowest BCUT2D eigenvalue weighted by molar-refractivity contribution is 0.221. The molecular formula is C12H19NO2. The van der Waals surface area contributed by atoms with Gasteiger partial charge in [0.2, 0.25) is 0 Å². The summed E-state index contributed by atoms with van der Waals surface area (Å²) in [5, 5.41) is 3.22. The van der Waals surface area contributed by atoms with Crippen molar-refractivity contribution in [3.8, 4) is 5.75 Å². The van der Waals surface area contributed by atoms with Crippen molar-refractivity contribution < 1.29 is 9.47 Å². The zero-order chi connectivity index (χ0) is 11.4. The fourth-order valence-electron chi connectivity index (χ4n) is 1.71. The van der Waals surface area contributed by atoms with Crippen LogP contribution >= 0.6 is 0 Å². The van der Waals surface area contributed by atoms with E-state index in [9.17, 15) is 0 Å². The van der Waals surface area contributed by atoms with Crippen LogP contribution in [0.4, 0.5) is 5.69 Å². The molecule has 84 valence electrons. The highest BCUT2D eigenvalue weighted by Crippen LogP contribution is 2.31. The summed E-state index contributed by atoms with van der Waals surface area (Å²) in [4.78, 5) is 0. The van der Waals surface area contributed by atoms with Gasteiger partial charge in [0.1, 0.15) is 12.5 Å². The summed E-state index contributed by atoms with van der Waals surface area (Å²) in [6, 6.07) is 2.08. The van der Waals surface area contributed by atoms with Crippen LogP contribution in [0.3, 0.4) is 0 Å². The van der Waals surface area contributed by atoms with Gasteiger partial charge >= 0.3 is 0 Å². The Balaban J connectivity index is 3.10. The van der Waals surface area contributed by atoms with Crippen molar-refractivity contribution in [3.63, 3.8) is 0 Å². The quantitative estimate of drug-likeness (QED) is 0.773. The standard InChI is InChI=1S/C12H19NO2/c1-8-6-11(13-7-14-4)9(2)10(3)12(8)15-5/h6,13H,7H2,1-5H3. The number of methoxy groups -OCH3 is 2. The Hall–Kier alpha value is -1.22. The Labute approximate surface area is 91.4 Å². The Morgan fingerprint density at radius 2 is 1.80 bits per heavy atom. The van der Waals surface area contributed by atoms with Crippen molar-refractivity contribution in [2.45, 2.75) is 20.8 Å². The predicted octanol–water partition coefficient (Wildman–Crippen LogP) is 2.64. The maximum atomic E-state index is 5.36. The normalized spacial score (nSPS) is 10.2. The fraction of sp³-hybridized carbons (Fsp3) is 0.500. The van der Waals surface area contributed by atoms with Gasteiger partial charge in [0, 0.05) is 12.8 Å². The molecule has 15 heavy (non-hydrogen) atoms. The molecule has 1 aromatic rings. The van der Waals surface area contributed by atoms with E-state index in [1.165, 1.54) is 11.1 Å². The molecule has 0 aliphatic heterocycles. The van der Waals surface area contributed by atoms with E-state index in [2.05, 4.69) is 25.2 Å². The van der Waals surface area contributed by atoms with Crippen LogP contribution in [0, 0.1) is 20.8 Å². The average Bonchev–Trinajstić information content (AvgIpc) is 2.22. The summed E-state index contributed by atoms with van der Waals surface area (Å²) in [6.45, 7) is 6.71. The second-order valence-electron chi connectivity index (χ2n) is 3.63. The largest absolute Gasteiger partial charge is 0.496 e. The number of aryl methyl sites for hydroxylation is 1. The molecule has 0 aliphatic rings. The molecule has 0 fully saturated rings. The molecule has 0 amide bonds. The van der Waals surface area contributed by atoms with Crippen LogP contribution in [0.5, 0.6) is 5.75 Å². The SMILES string of the molecule is COCNc1cc(C)c(OC)c(C)c1C. The number of ether oxygens (including phenoxy) is 2. The molecule has 0 aliphatic carbocycles. The zero-order valence-electron chi connectivity index (χ0n) is 10.1. The smallest absolute Gasteiger partial charge is 0.125 e. The van der Waals surface area contributed by atoms with E-state index in [0.717, 1.165) is 17.0 Å². The lowest BCUT2D eigenvalue weighted by Gasteiger charge is -2.16. The molecule has 0 saturated heterocycles. The monoisotopic (exact) mass is 209 g/mol. The molecule has 0 unspecified atom stereocenters. The van der Waals surface area contributed by atoms with Gasteiger partial charge in [0.05, 0.1) is 7.11 Å². The van der Waals surface area contributed by atoms with Crippen molar-refractivity contribution in [2.75, 3.05) is 26.3 Å². The average molecular weight is 209 g/mol. The molecule has 0 bridgehead atoms. The summed E-state index contributed by atoms with van der Waals surface area (Å²) in [5.41, 5.74) is 4.62. The van der Waals surface area contributed by atoms with Gasteiger partial charge in [-0.1, -0.05) is 0 Å². The van der Waals surface area contributed by atoms with Gasteiger partial charge in [-0.25, -0.2) is 0 Å². The van der Waals surface area contributed by atoms with Gasteiger partial charge in [-0.2, -0.15) is 0 Å². The number of benzene rings is 1. The lowest BCUT2D eigenvalue weighted by Crippen LogP contribution is -2.06.